The summed E-state index contributed by atoms with van der Waals surface area (Å²) in [5.41, 5.74) is 6.27. The average molecular weight is 264 g/mol. The highest BCUT2D eigenvalue weighted by Crippen LogP contribution is 2.22. The summed E-state index contributed by atoms with van der Waals surface area (Å²) in [5, 5.41) is 2.95. The fourth-order valence-electron chi connectivity index (χ4n) is 2.31. The standard InChI is InChI=1S/C14H20N2O3/c1-18-11-7-6-10(8-11)16-14(17)9-19-13-5-3-2-4-12(13)15/h2-5,10-11H,6-9,15H2,1H3,(H,16,17). The van der Waals surface area contributed by atoms with Crippen molar-refractivity contribution in [2.45, 2.75) is 31.4 Å². The molecule has 0 aromatic heterocycles. The van der Waals surface area contributed by atoms with Crippen LogP contribution in [0.1, 0.15) is 19.3 Å². The van der Waals surface area contributed by atoms with Gasteiger partial charge in [-0.05, 0) is 31.4 Å². The molecular weight excluding hydrogens is 244 g/mol. The van der Waals surface area contributed by atoms with Gasteiger partial charge in [-0.1, -0.05) is 12.1 Å². The van der Waals surface area contributed by atoms with Crippen molar-refractivity contribution in [1.29, 1.82) is 0 Å². The van der Waals surface area contributed by atoms with Crippen molar-refractivity contribution < 1.29 is 14.3 Å². The van der Waals surface area contributed by atoms with Gasteiger partial charge in [0, 0.05) is 13.2 Å². The van der Waals surface area contributed by atoms with Crippen LogP contribution in [0.4, 0.5) is 5.69 Å². The number of methoxy groups -OCH3 is 1. The number of nitrogens with two attached hydrogens (primary N) is 1. The molecule has 2 atom stereocenters. The van der Waals surface area contributed by atoms with Gasteiger partial charge >= 0.3 is 0 Å². The number of nitrogens with one attached hydrogen (secondary N) is 1. The largest absolute Gasteiger partial charge is 0.482 e. The molecule has 0 spiro atoms. The summed E-state index contributed by atoms with van der Waals surface area (Å²) < 4.78 is 10.7. The van der Waals surface area contributed by atoms with Crippen molar-refractivity contribution >= 4 is 11.6 Å². The van der Waals surface area contributed by atoms with Crippen LogP contribution in [0.25, 0.3) is 0 Å². The molecule has 1 fully saturated rings. The minimum Gasteiger partial charge on any atom is -0.482 e. The van der Waals surface area contributed by atoms with Gasteiger partial charge in [0.1, 0.15) is 5.75 Å². The van der Waals surface area contributed by atoms with E-state index in [4.69, 9.17) is 15.2 Å². The third-order valence-electron chi connectivity index (χ3n) is 3.36. The van der Waals surface area contributed by atoms with Crippen LogP contribution in [0.3, 0.4) is 0 Å². The van der Waals surface area contributed by atoms with E-state index in [1.54, 1.807) is 19.2 Å². The van der Waals surface area contributed by atoms with E-state index >= 15 is 0 Å². The predicted octanol–water partition coefficient (Wildman–Crippen LogP) is 1.33. The Labute approximate surface area is 113 Å². The third-order valence-corrected chi connectivity index (χ3v) is 3.36. The lowest BCUT2D eigenvalue weighted by Crippen LogP contribution is -2.36. The van der Waals surface area contributed by atoms with Gasteiger partial charge in [-0.25, -0.2) is 0 Å². The number of hydrogen-bond donors (Lipinski definition) is 2. The fourth-order valence-corrected chi connectivity index (χ4v) is 2.31. The minimum atomic E-state index is -0.120. The Morgan fingerprint density at radius 2 is 2.21 bits per heavy atom. The van der Waals surface area contributed by atoms with Gasteiger partial charge in [-0.2, -0.15) is 0 Å². The molecule has 2 rings (SSSR count). The second-order valence-corrected chi connectivity index (χ2v) is 4.76. The highest BCUT2D eigenvalue weighted by molar-refractivity contribution is 5.78. The van der Waals surface area contributed by atoms with Crippen LogP contribution in [-0.4, -0.2) is 31.8 Å². The van der Waals surface area contributed by atoms with Gasteiger partial charge in [-0.15, -0.1) is 0 Å². The first-order valence-corrected chi connectivity index (χ1v) is 6.48. The van der Waals surface area contributed by atoms with Crippen LogP contribution in [0.15, 0.2) is 24.3 Å². The molecule has 104 valence electrons. The summed E-state index contributed by atoms with van der Waals surface area (Å²) in [6.45, 7) is -0.0115. The Kier molecular flexibility index (Phi) is 4.63. The summed E-state index contributed by atoms with van der Waals surface area (Å²) in [5.74, 6) is 0.420. The van der Waals surface area contributed by atoms with Gasteiger partial charge in [-0.3, -0.25) is 4.79 Å². The molecule has 2 unspecified atom stereocenters. The van der Waals surface area contributed by atoms with E-state index in [1.165, 1.54) is 0 Å². The summed E-state index contributed by atoms with van der Waals surface area (Å²) in [6, 6.07) is 7.33. The van der Waals surface area contributed by atoms with Crippen molar-refractivity contribution in [2.24, 2.45) is 0 Å². The molecule has 5 nitrogen and oxygen atoms in total. The topological polar surface area (TPSA) is 73.6 Å². The molecule has 1 aliphatic carbocycles. The smallest absolute Gasteiger partial charge is 0.258 e. The zero-order valence-corrected chi connectivity index (χ0v) is 11.1. The maximum Gasteiger partial charge on any atom is 0.258 e. The molecule has 1 aliphatic rings. The van der Waals surface area contributed by atoms with E-state index in [9.17, 15) is 4.79 Å². The number of anilines is 1. The zero-order valence-electron chi connectivity index (χ0n) is 11.1. The molecule has 5 heteroatoms. The highest BCUT2D eigenvalue weighted by atomic mass is 16.5. The molecule has 1 aromatic rings. The van der Waals surface area contributed by atoms with Crippen molar-refractivity contribution in [3.8, 4) is 5.75 Å². The quantitative estimate of drug-likeness (QED) is 0.787. The van der Waals surface area contributed by atoms with Crippen LogP contribution in [0.5, 0.6) is 5.75 Å². The summed E-state index contributed by atoms with van der Waals surface area (Å²) in [6.07, 6.45) is 3.08. The Hall–Kier alpha value is -1.75. The molecule has 0 aliphatic heterocycles. The Morgan fingerprint density at radius 3 is 2.89 bits per heavy atom. The lowest BCUT2D eigenvalue weighted by Gasteiger charge is -2.14. The van der Waals surface area contributed by atoms with E-state index in [0.29, 0.717) is 11.4 Å². The maximum absolute atomic E-state index is 11.8. The molecule has 0 saturated heterocycles. The highest BCUT2D eigenvalue weighted by Gasteiger charge is 2.25. The molecule has 3 N–H and O–H groups in total. The van der Waals surface area contributed by atoms with Crippen LogP contribution < -0.4 is 15.8 Å². The molecule has 1 amide bonds. The number of carbonyl (C=O) groups excluding carboxylic acids is 1. The van der Waals surface area contributed by atoms with Gasteiger partial charge in [0.2, 0.25) is 0 Å². The summed E-state index contributed by atoms with van der Waals surface area (Å²) in [4.78, 5) is 11.8. The second kappa shape index (κ2) is 6.43. The number of ether oxygens (including phenoxy) is 2. The number of benzene rings is 1. The maximum atomic E-state index is 11.8. The van der Waals surface area contributed by atoms with Crippen molar-refractivity contribution in [3.05, 3.63) is 24.3 Å². The number of carbonyl (C=O) groups is 1. The van der Waals surface area contributed by atoms with Gasteiger partial charge in [0.25, 0.3) is 5.91 Å². The Balaban J connectivity index is 1.75. The number of para-hydroxylation sites is 2. The van der Waals surface area contributed by atoms with Gasteiger partial charge < -0.3 is 20.5 Å². The van der Waals surface area contributed by atoms with Gasteiger partial charge in [0.05, 0.1) is 11.8 Å². The monoisotopic (exact) mass is 264 g/mol. The van der Waals surface area contributed by atoms with E-state index in [-0.39, 0.29) is 24.7 Å². The SMILES string of the molecule is COC1CCC(NC(=O)COc2ccccc2N)C1. The van der Waals surface area contributed by atoms with E-state index in [2.05, 4.69) is 5.32 Å². The summed E-state index contributed by atoms with van der Waals surface area (Å²) >= 11 is 0. The van der Waals surface area contributed by atoms with Crippen molar-refractivity contribution in [1.82, 2.24) is 5.32 Å². The lowest BCUT2D eigenvalue weighted by atomic mass is 10.2. The van der Waals surface area contributed by atoms with Gasteiger partial charge in [0.15, 0.2) is 6.61 Å². The zero-order chi connectivity index (χ0) is 13.7. The molecule has 0 radical (unpaired) electrons. The van der Waals surface area contributed by atoms with E-state index < -0.39 is 0 Å². The number of rotatable bonds is 5. The number of hydrogen-bond acceptors (Lipinski definition) is 4. The first-order chi connectivity index (χ1) is 9.19. The molecule has 0 heterocycles. The summed E-state index contributed by atoms with van der Waals surface area (Å²) in [7, 11) is 1.70. The van der Waals surface area contributed by atoms with Crippen LogP contribution in [-0.2, 0) is 9.53 Å². The third kappa shape index (κ3) is 3.86. The predicted molar refractivity (Wildman–Crippen MR) is 72.9 cm³/mol. The molecule has 1 saturated carbocycles. The van der Waals surface area contributed by atoms with E-state index in [0.717, 1.165) is 19.3 Å². The fraction of sp³-hybridized carbons (Fsp3) is 0.500. The van der Waals surface area contributed by atoms with Crippen molar-refractivity contribution in [3.63, 3.8) is 0 Å². The first-order valence-electron chi connectivity index (χ1n) is 6.48. The molecule has 19 heavy (non-hydrogen) atoms. The normalized spacial score (nSPS) is 22.2. The first kappa shape index (κ1) is 13.7. The second-order valence-electron chi connectivity index (χ2n) is 4.76. The Bertz CT molecular complexity index is 436. The van der Waals surface area contributed by atoms with Crippen molar-refractivity contribution in [2.75, 3.05) is 19.5 Å². The number of amides is 1. The number of nitrogen functional groups attached to an aromatic ring is 1. The molecular formula is C14H20N2O3. The lowest BCUT2D eigenvalue weighted by molar-refractivity contribution is -0.123. The molecule has 0 bridgehead atoms. The van der Waals surface area contributed by atoms with Crippen LogP contribution in [0.2, 0.25) is 0 Å². The van der Waals surface area contributed by atoms with Crippen LogP contribution >= 0.6 is 0 Å². The molecule has 1 aromatic carbocycles. The Morgan fingerprint density at radius 1 is 1.42 bits per heavy atom. The van der Waals surface area contributed by atoms with E-state index in [1.807, 2.05) is 12.1 Å². The van der Waals surface area contributed by atoms with Crippen LogP contribution in [0, 0.1) is 0 Å². The minimum absolute atomic E-state index is 0.0115. The average Bonchev–Trinajstić information content (AvgIpc) is 2.85.